The van der Waals surface area contributed by atoms with E-state index in [2.05, 4.69) is 27.1 Å². The molecule has 120 valence electrons. The van der Waals surface area contributed by atoms with Crippen molar-refractivity contribution in [2.24, 2.45) is 5.92 Å². The van der Waals surface area contributed by atoms with Gasteiger partial charge in [0.25, 0.3) is 0 Å². The molecule has 2 bridgehead atoms. The van der Waals surface area contributed by atoms with Crippen molar-refractivity contribution in [3.8, 4) is 0 Å². The summed E-state index contributed by atoms with van der Waals surface area (Å²) in [7, 11) is 0. The molecule has 4 rings (SSSR count). The van der Waals surface area contributed by atoms with E-state index < -0.39 is 0 Å². The van der Waals surface area contributed by atoms with E-state index >= 15 is 0 Å². The Labute approximate surface area is 131 Å². The predicted molar refractivity (Wildman–Crippen MR) is 84.3 cm³/mol. The van der Waals surface area contributed by atoms with Crippen LogP contribution in [0.15, 0.2) is 16.7 Å². The van der Waals surface area contributed by atoms with Gasteiger partial charge in [-0.05, 0) is 33.6 Å². The summed E-state index contributed by atoms with van der Waals surface area (Å²) in [6.07, 6.45) is 6.38. The molecule has 0 N–H and O–H groups in total. The molecule has 0 spiro atoms. The maximum atomic E-state index is 12.8. The number of amides is 1. The Bertz CT molecular complexity index is 559. The standard InChI is InChI=1S/C17H25N3O2/c1-4-5-8-19-9-14-6-7-15(10-19)20(17(14)21)11-16-12(2)18-22-13(16)3/h4-5,14-15H,6-11H2,1-3H3/t14-,15+/m0/s1. The maximum absolute atomic E-state index is 12.8. The van der Waals surface area contributed by atoms with E-state index in [1.165, 1.54) is 0 Å². The molecular formula is C17H25N3O2. The fourth-order valence-electron chi connectivity index (χ4n) is 3.64. The summed E-state index contributed by atoms with van der Waals surface area (Å²) in [6.45, 7) is 9.35. The average Bonchev–Trinajstić information content (AvgIpc) is 2.69. The Morgan fingerprint density at radius 2 is 2.14 bits per heavy atom. The van der Waals surface area contributed by atoms with Crippen LogP contribution in [-0.2, 0) is 11.3 Å². The number of fused-ring (bicyclic) bond motifs is 4. The molecule has 1 aromatic heterocycles. The summed E-state index contributed by atoms with van der Waals surface area (Å²) < 4.78 is 5.25. The minimum Gasteiger partial charge on any atom is -0.361 e. The zero-order valence-electron chi connectivity index (χ0n) is 13.7. The van der Waals surface area contributed by atoms with Crippen molar-refractivity contribution in [3.05, 3.63) is 29.2 Å². The molecule has 0 aliphatic carbocycles. The fourth-order valence-corrected chi connectivity index (χ4v) is 3.64. The summed E-state index contributed by atoms with van der Waals surface area (Å²) >= 11 is 0. The lowest BCUT2D eigenvalue weighted by Crippen LogP contribution is -2.47. The topological polar surface area (TPSA) is 49.6 Å². The van der Waals surface area contributed by atoms with Gasteiger partial charge in [-0.1, -0.05) is 17.3 Å². The second kappa shape index (κ2) is 6.24. The molecule has 0 saturated carbocycles. The molecule has 22 heavy (non-hydrogen) atoms. The highest BCUT2D eigenvalue weighted by atomic mass is 16.5. The van der Waals surface area contributed by atoms with Crippen molar-refractivity contribution in [1.82, 2.24) is 15.0 Å². The van der Waals surface area contributed by atoms with Gasteiger partial charge >= 0.3 is 0 Å². The van der Waals surface area contributed by atoms with E-state index in [1.807, 2.05) is 20.8 Å². The highest BCUT2D eigenvalue weighted by molar-refractivity contribution is 5.80. The molecule has 0 unspecified atom stereocenters. The zero-order valence-corrected chi connectivity index (χ0v) is 13.7. The Balaban J connectivity index is 1.79. The highest BCUT2D eigenvalue weighted by Crippen LogP contribution is 2.31. The SMILES string of the molecule is CC=CCN1C[C@@H]2CC[C@H](C1)N(Cc1c(C)noc1C)C2=O. The van der Waals surface area contributed by atoms with E-state index in [-0.39, 0.29) is 5.92 Å². The van der Waals surface area contributed by atoms with Gasteiger partial charge in [0, 0.05) is 31.2 Å². The van der Waals surface area contributed by atoms with E-state index in [1.54, 1.807) is 0 Å². The smallest absolute Gasteiger partial charge is 0.227 e. The third-order valence-electron chi connectivity index (χ3n) is 4.98. The van der Waals surface area contributed by atoms with Crippen LogP contribution in [0.5, 0.6) is 0 Å². The molecule has 3 fully saturated rings. The zero-order chi connectivity index (χ0) is 15.7. The summed E-state index contributed by atoms with van der Waals surface area (Å²) in [5, 5.41) is 4.02. The Morgan fingerprint density at radius 1 is 1.32 bits per heavy atom. The van der Waals surface area contributed by atoms with Crippen molar-refractivity contribution in [2.45, 2.75) is 46.2 Å². The van der Waals surface area contributed by atoms with Crippen molar-refractivity contribution in [1.29, 1.82) is 0 Å². The summed E-state index contributed by atoms with van der Waals surface area (Å²) in [5.74, 6) is 1.28. The van der Waals surface area contributed by atoms with Crippen LogP contribution in [0.1, 0.15) is 36.8 Å². The molecule has 3 aliphatic heterocycles. The number of carbonyl (C=O) groups excluding carboxylic acids is 1. The van der Waals surface area contributed by atoms with Gasteiger partial charge < -0.3 is 9.42 Å². The Kier molecular flexibility index (Phi) is 4.34. The number of hydrogen-bond acceptors (Lipinski definition) is 4. The number of hydrogen-bond donors (Lipinski definition) is 0. The second-order valence-electron chi connectivity index (χ2n) is 6.48. The summed E-state index contributed by atoms with van der Waals surface area (Å²) in [5.41, 5.74) is 1.97. The molecule has 5 heteroatoms. The maximum Gasteiger partial charge on any atom is 0.227 e. The largest absolute Gasteiger partial charge is 0.361 e. The van der Waals surface area contributed by atoms with Crippen LogP contribution in [0.2, 0.25) is 0 Å². The number of nitrogens with zero attached hydrogens (tertiary/aromatic N) is 3. The first-order valence-corrected chi connectivity index (χ1v) is 8.16. The molecule has 3 aliphatic rings. The van der Waals surface area contributed by atoms with Crippen molar-refractivity contribution in [3.63, 3.8) is 0 Å². The number of aromatic nitrogens is 1. The minimum atomic E-state index is 0.143. The third-order valence-corrected chi connectivity index (χ3v) is 4.98. The van der Waals surface area contributed by atoms with E-state index in [0.29, 0.717) is 18.5 Å². The molecule has 3 saturated heterocycles. The number of rotatable bonds is 4. The number of aryl methyl sites for hydroxylation is 2. The van der Waals surface area contributed by atoms with E-state index in [9.17, 15) is 4.79 Å². The molecule has 5 nitrogen and oxygen atoms in total. The molecule has 1 aromatic rings. The van der Waals surface area contributed by atoms with Gasteiger partial charge in [-0.2, -0.15) is 0 Å². The van der Waals surface area contributed by atoms with Crippen molar-refractivity contribution >= 4 is 5.91 Å². The first kappa shape index (κ1) is 15.3. The van der Waals surface area contributed by atoms with Crippen molar-refractivity contribution in [2.75, 3.05) is 19.6 Å². The molecule has 2 atom stereocenters. The van der Waals surface area contributed by atoms with Gasteiger partial charge in [0.1, 0.15) is 5.76 Å². The number of carbonyl (C=O) groups is 1. The normalized spacial score (nSPS) is 26.1. The van der Waals surface area contributed by atoms with Crippen LogP contribution in [0, 0.1) is 19.8 Å². The summed E-state index contributed by atoms with van der Waals surface area (Å²) in [6, 6.07) is 0.310. The molecule has 0 radical (unpaired) electrons. The van der Waals surface area contributed by atoms with Crippen molar-refractivity contribution < 1.29 is 9.32 Å². The monoisotopic (exact) mass is 303 g/mol. The van der Waals surface area contributed by atoms with Gasteiger partial charge in [0.15, 0.2) is 0 Å². The van der Waals surface area contributed by atoms with E-state index in [0.717, 1.165) is 49.5 Å². The van der Waals surface area contributed by atoms with Gasteiger partial charge in [-0.25, -0.2) is 0 Å². The van der Waals surface area contributed by atoms with Gasteiger partial charge in [-0.3, -0.25) is 9.69 Å². The van der Waals surface area contributed by atoms with Gasteiger partial charge in [0.05, 0.1) is 18.2 Å². The van der Waals surface area contributed by atoms with E-state index in [4.69, 9.17) is 4.52 Å². The lowest BCUT2D eigenvalue weighted by atomic mass is 9.93. The van der Waals surface area contributed by atoms with Crippen LogP contribution in [0.4, 0.5) is 0 Å². The number of piperidine rings is 1. The fraction of sp³-hybridized carbons (Fsp3) is 0.647. The van der Waals surface area contributed by atoms with Crippen LogP contribution in [-0.4, -0.2) is 46.5 Å². The third kappa shape index (κ3) is 2.82. The molecular weight excluding hydrogens is 278 g/mol. The highest BCUT2D eigenvalue weighted by Gasteiger charge is 2.40. The average molecular weight is 303 g/mol. The minimum absolute atomic E-state index is 0.143. The first-order valence-electron chi connectivity index (χ1n) is 8.16. The first-order chi connectivity index (χ1) is 10.6. The van der Waals surface area contributed by atoms with Crippen LogP contribution in [0.3, 0.4) is 0 Å². The number of allylic oxidation sites excluding steroid dienone is 1. The lowest BCUT2D eigenvalue weighted by Gasteiger charge is -2.36. The van der Waals surface area contributed by atoms with Crippen LogP contribution < -0.4 is 0 Å². The van der Waals surface area contributed by atoms with Gasteiger partial charge in [-0.15, -0.1) is 0 Å². The molecule has 4 heterocycles. The molecule has 0 aromatic carbocycles. The van der Waals surface area contributed by atoms with Crippen LogP contribution in [0.25, 0.3) is 0 Å². The second-order valence-corrected chi connectivity index (χ2v) is 6.48. The van der Waals surface area contributed by atoms with Crippen LogP contribution >= 0.6 is 0 Å². The summed E-state index contributed by atoms with van der Waals surface area (Å²) in [4.78, 5) is 17.3. The molecule has 1 amide bonds. The Hall–Kier alpha value is -1.62. The quantitative estimate of drug-likeness (QED) is 0.801. The Morgan fingerprint density at radius 3 is 2.82 bits per heavy atom. The predicted octanol–water partition coefficient (Wildman–Crippen LogP) is 2.29. The van der Waals surface area contributed by atoms with Gasteiger partial charge in [0.2, 0.25) is 5.91 Å². The lowest BCUT2D eigenvalue weighted by molar-refractivity contribution is -0.140.